The van der Waals surface area contributed by atoms with Gasteiger partial charge < -0.3 is 15.2 Å². The first-order valence-electron chi connectivity index (χ1n) is 8.16. The van der Waals surface area contributed by atoms with Crippen LogP contribution in [0.2, 0.25) is 0 Å². The van der Waals surface area contributed by atoms with E-state index in [1.807, 2.05) is 36.4 Å². The van der Waals surface area contributed by atoms with Crippen LogP contribution in [0, 0.1) is 0 Å². The van der Waals surface area contributed by atoms with Crippen molar-refractivity contribution in [2.24, 2.45) is 0 Å². The van der Waals surface area contributed by atoms with Crippen LogP contribution < -0.4 is 10.1 Å². The molecule has 1 heterocycles. The smallest absolute Gasteiger partial charge is 0.490 e. The molecule has 0 fully saturated rings. The molecule has 0 atom stereocenters. The Morgan fingerprint density at radius 3 is 2.50 bits per heavy atom. The molecule has 4 rings (SSSR count). The van der Waals surface area contributed by atoms with Gasteiger partial charge in [0, 0.05) is 23.2 Å². The number of hydrogen-bond donors (Lipinski definition) is 3. The van der Waals surface area contributed by atoms with E-state index in [9.17, 15) is 13.2 Å². The third-order valence-electron chi connectivity index (χ3n) is 4.10. The fourth-order valence-corrected chi connectivity index (χ4v) is 2.78. The monoisotopic (exact) mass is 391 g/mol. The summed E-state index contributed by atoms with van der Waals surface area (Å²) in [5.41, 5.74) is 5.82. The van der Waals surface area contributed by atoms with Gasteiger partial charge in [0.2, 0.25) is 0 Å². The van der Waals surface area contributed by atoms with Crippen LogP contribution in [-0.4, -0.2) is 34.6 Å². The van der Waals surface area contributed by atoms with Crippen molar-refractivity contribution < 1.29 is 27.8 Å². The number of H-pyrrole nitrogens is 1. The van der Waals surface area contributed by atoms with Gasteiger partial charge in [-0.05, 0) is 29.8 Å². The van der Waals surface area contributed by atoms with Crippen molar-refractivity contribution >= 4 is 17.5 Å². The molecule has 0 aliphatic heterocycles. The number of aromatic nitrogens is 2. The van der Waals surface area contributed by atoms with Crippen molar-refractivity contribution in [2.45, 2.75) is 12.6 Å². The van der Waals surface area contributed by atoms with Gasteiger partial charge in [0.15, 0.2) is 5.82 Å². The van der Waals surface area contributed by atoms with Crippen molar-refractivity contribution in [3.63, 3.8) is 0 Å². The summed E-state index contributed by atoms with van der Waals surface area (Å²) in [6, 6.07) is 16.3. The largest absolute Gasteiger partial charge is 0.497 e. The number of para-hydroxylation sites is 1. The fourth-order valence-electron chi connectivity index (χ4n) is 2.78. The molecule has 1 aromatic heterocycles. The lowest BCUT2D eigenvalue weighted by Crippen LogP contribution is -2.21. The maximum Gasteiger partial charge on any atom is 0.490 e. The first-order valence-corrected chi connectivity index (χ1v) is 8.16. The first-order chi connectivity index (χ1) is 13.3. The Balaban J connectivity index is 0.000000279. The maximum atomic E-state index is 10.6. The summed E-state index contributed by atoms with van der Waals surface area (Å²) in [5, 5.41) is 18.1. The Kier molecular flexibility index (Phi) is 5.25. The second-order valence-electron chi connectivity index (χ2n) is 5.92. The zero-order chi connectivity index (χ0) is 20.3. The van der Waals surface area contributed by atoms with Gasteiger partial charge in [-0.15, -0.1) is 0 Å². The number of aromatic amines is 1. The minimum Gasteiger partial charge on any atom is -0.497 e. The molecule has 9 heteroatoms. The van der Waals surface area contributed by atoms with Gasteiger partial charge in [0.05, 0.1) is 12.8 Å². The molecule has 0 amide bonds. The Bertz CT molecular complexity index is 985. The Morgan fingerprint density at radius 2 is 1.89 bits per heavy atom. The van der Waals surface area contributed by atoms with E-state index in [-0.39, 0.29) is 0 Å². The van der Waals surface area contributed by atoms with Gasteiger partial charge in [-0.3, -0.25) is 5.10 Å². The van der Waals surface area contributed by atoms with Crippen LogP contribution in [0.25, 0.3) is 11.3 Å². The topological polar surface area (TPSA) is 87.2 Å². The van der Waals surface area contributed by atoms with Crippen LogP contribution in [0.4, 0.5) is 24.7 Å². The number of carboxylic acid groups (broad SMARTS) is 1. The fraction of sp³-hybridized carbons (Fsp3) is 0.158. The highest BCUT2D eigenvalue weighted by Crippen LogP contribution is 2.40. The van der Waals surface area contributed by atoms with E-state index < -0.39 is 12.1 Å². The summed E-state index contributed by atoms with van der Waals surface area (Å²) in [7, 11) is 1.69. The number of alkyl halides is 3. The lowest BCUT2D eigenvalue weighted by Gasteiger charge is -2.04. The Morgan fingerprint density at radius 1 is 1.21 bits per heavy atom. The number of aliphatic carboxylic acids is 1. The molecular weight excluding hydrogens is 375 g/mol. The number of methoxy groups -OCH3 is 1. The zero-order valence-electron chi connectivity index (χ0n) is 14.7. The molecule has 0 saturated carbocycles. The number of nitrogens with one attached hydrogen (secondary N) is 2. The Hall–Kier alpha value is -3.49. The predicted octanol–water partition coefficient (Wildman–Crippen LogP) is 4.37. The van der Waals surface area contributed by atoms with Crippen molar-refractivity contribution in [3.05, 3.63) is 59.7 Å². The summed E-state index contributed by atoms with van der Waals surface area (Å²) in [6.07, 6.45) is -4.19. The van der Waals surface area contributed by atoms with E-state index in [0.29, 0.717) is 0 Å². The van der Waals surface area contributed by atoms with Crippen molar-refractivity contribution in [1.29, 1.82) is 0 Å². The highest BCUT2D eigenvalue weighted by Gasteiger charge is 2.38. The molecule has 1 aliphatic rings. The van der Waals surface area contributed by atoms with E-state index in [1.165, 1.54) is 16.7 Å². The first kappa shape index (κ1) is 19.3. The molecule has 2 aromatic carbocycles. The molecule has 3 N–H and O–H groups in total. The van der Waals surface area contributed by atoms with Crippen LogP contribution in [0.5, 0.6) is 5.75 Å². The molecule has 0 unspecified atom stereocenters. The van der Waals surface area contributed by atoms with Gasteiger partial charge in [0.1, 0.15) is 5.75 Å². The van der Waals surface area contributed by atoms with Crippen LogP contribution in [-0.2, 0) is 11.2 Å². The van der Waals surface area contributed by atoms with Gasteiger partial charge >= 0.3 is 12.1 Å². The van der Waals surface area contributed by atoms with Crippen molar-refractivity contribution in [3.8, 4) is 17.0 Å². The molecule has 0 bridgehead atoms. The van der Waals surface area contributed by atoms with E-state index in [1.54, 1.807) is 7.11 Å². The van der Waals surface area contributed by atoms with Gasteiger partial charge in [-0.2, -0.15) is 18.3 Å². The van der Waals surface area contributed by atoms with Crippen LogP contribution in [0.3, 0.4) is 0 Å². The number of halogens is 3. The van der Waals surface area contributed by atoms with Gasteiger partial charge in [-0.25, -0.2) is 4.79 Å². The number of anilines is 2. The minimum absolute atomic E-state index is 0.869. The average Bonchev–Trinajstić information content (AvgIpc) is 3.22. The third-order valence-corrected chi connectivity index (χ3v) is 4.10. The number of nitrogens with zero attached hydrogens (tertiary/aromatic N) is 1. The number of fused-ring (bicyclic) bond motifs is 3. The number of ether oxygens (including phenoxy) is 1. The van der Waals surface area contributed by atoms with Gasteiger partial charge in [-0.1, -0.05) is 24.3 Å². The number of carbonyl (C=O) groups is 1. The van der Waals surface area contributed by atoms with Crippen LogP contribution in [0.1, 0.15) is 11.1 Å². The Labute approximate surface area is 158 Å². The number of rotatable bonds is 3. The van der Waals surface area contributed by atoms with E-state index in [0.717, 1.165) is 29.4 Å². The third kappa shape index (κ3) is 4.08. The maximum absolute atomic E-state index is 10.6. The zero-order valence-corrected chi connectivity index (χ0v) is 14.7. The summed E-state index contributed by atoms with van der Waals surface area (Å²) in [5.74, 6) is -0.993. The number of hydrogen-bond acceptors (Lipinski definition) is 4. The normalized spacial score (nSPS) is 11.7. The second kappa shape index (κ2) is 7.63. The summed E-state index contributed by atoms with van der Waals surface area (Å²) >= 11 is 0. The minimum atomic E-state index is -5.08. The predicted molar refractivity (Wildman–Crippen MR) is 96.8 cm³/mol. The molecule has 0 spiro atoms. The molecule has 6 nitrogen and oxygen atoms in total. The molecule has 146 valence electrons. The number of carboxylic acids is 1. The molecule has 1 aliphatic carbocycles. The SMILES string of the molecule is COc1ccc2c(c1)-c1[nH]nc(Nc3ccccc3)c1C2.O=C(O)C(F)(F)F. The second-order valence-corrected chi connectivity index (χ2v) is 5.92. The average molecular weight is 391 g/mol. The number of benzene rings is 2. The highest BCUT2D eigenvalue weighted by atomic mass is 19.4. The van der Waals surface area contributed by atoms with Crippen molar-refractivity contribution in [1.82, 2.24) is 10.2 Å². The summed E-state index contributed by atoms with van der Waals surface area (Å²) in [4.78, 5) is 8.90. The summed E-state index contributed by atoms with van der Waals surface area (Å²) < 4.78 is 37.0. The standard InChI is InChI=1S/C17H15N3O.C2HF3O2/c1-21-13-8-7-11-9-15-16(14(11)10-13)19-20-17(15)18-12-5-3-2-4-6-12;3-2(4,5)1(6)7/h2-8,10H,9H2,1H3,(H2,18,19,20);(H,6,7). The van der Waals surface area contributed by atoms with E-state index >= 15 is 0 Å². The van der Waals surface area contributed by atoms with Crippen LogP contribution >= 0.6 is 0 Å². The lowest BCUT2D eigenvalue weighted by molar-refractivity contribution is -0.192. The molecule has 28 heavy (non-hydrogen) atoms. The van der Waals surface area contributed by atoms with Crippen LogP contribution in [0.15, 0.2) is 48.5 Å². The quantitative estimate of drug-likeness (QED) is 0.483. The molecular formula is C19H16F3N3O3. The van der Waals surface area contributed by atoms with E-state index in [2.05, 4.69) is 27.6 Å². The summed E-state index contributed by atoms with van der Waals surface area (Å²) in [6.45, 7) is 0. The van der Waals surface area contributed by atoms with Crippen molar-refractivity contribution in [2.75, 3.05) is 12.4 Å². The molecule has 3 aromatic rings. The van der Waals surface area contributed by atoms with Gasteiger partial charge in [0.25, 0.3) is 0 Å². The van der Waals surface area contributed by atoms with E-state index in [4.69, 9.17) is 14.6 Å². The molecule has 0 radical (unpaired) electrons. The lowest BCUT2D eigenvalue weighted by atomic mass is 10.1. The molecule has 0 saturated heterocycles. The highest BCUT2D eigenvalue weighted by molar-refractivity contribution is 5.80.